The van der Waals surface area contributed by atoms with Crippen LogP contribution in [0.25, 0.3) is 0 Å². The molecule has 0 unspecified atom stereocenters. The van der Waals surface area contributed by atoms with Crippen LogP contribution >= 0.6 is 11.6 Å². The highest BCUT2D eigenvalue weighted by atomic mass is 35.5. The van der Waals surface area contributed by atoms with E-state index < -0.39 is 31.7 Å². The van der Waals surface area contributed by atoms with Crippen LogP contribution in [0.3, 0.4) is 0 Å². The molecule has 0 radical (unpaired) electrons. The molecule has 0 amide bonds. The fourth-order valence-corrected chi connectivity index (χ4v) is 5.81. The Morgan fingerprint density at radius 3 is 2.16 bits per heavy atom. The average molecular weight is 575 g/mol. The van der Waals surface area contributed by atoms with Gasteiger partial charge in [0.25, 0.3) is 10.0 Å². The predicted octanol–water partition coefficient (Wildman–Crippen LogP) is 3.97. The van der Waals surface area contributed by atoms with Crippen molar-refractivity contribution in [2.24, 2.45) is 0 Å². The van der Waals surface area contributed by atoms with Crippen molar-refractivity contribution in [3.8, 4) is 11.5 Å². The quantitative estimate of drug-likeness (QED) is 0.372. The molecule has 0 aromatic heterocycles. The number of benzene rings is 3. The van der Waals surface area contributed by atoms with Crippen molar-refractivity contribution in [1.29, 1.82) is 0 Å². The molecule has 0 bridgehead atoms. The third kappa shape index (κ3) is 6.89. The molecule has 200 valence electrons. The lowest BCUT2D eigenvalue weighted by molar-refractivity contribution is 0.354. The minimum atomic E-state index is -4.34. The van der Waals surface area contributed by atoms with Gasteiger partial charge in [-0.15, -0.1) is 0 Å². The van der Waals surface area contributed by atoms with Crippen molar-refractivity contribution < 1.29 is 35.1 Å². The highest BCUT2D eigenvalue weighted by Crippen LogP contribution is 2.35. The Morgan fingerprint density at radius 1 is 0.919 bits per heavy atom. The number of nitrogens with zero attached hydrogens (tertiary/aromatic N) is 1. The van der Waals surface area contributed by atoms with Crippen molar-refractivity contribution in [3.63, 3.8) is 0 Å². The zero-order valence-electron chi connectivity index (χ0n) is 20.2. The SMILES string of the molecule is COc1ccc(S(=O)(=O)N(CCNS(C)(=O)=O)c2ccc(Cl)cc2Cc2c(F)cccc2F)cc1OC. The maximum Gasteiger partial charge on any atom is 0.264 e. The predicted molar refractivity (Wildman–Crippen MR) is 138 cm³/mol. The molecule has 0 saturated heterocycles. The molecule has 37 heavy (non-hydrogen) atoms. The normalized spacial score (nSPS) is 11.8. The minimum Gasteiger partial charge on any atom is -0.493 e. The number of nitrogens with one attached hydrogen (secondary N) is 1. The summed E-state index contributed by atoms with van der Waals surface area (Å²) in [4.78, 5) is -0.178. The van der Waals surface area contributed by atoms with Crippen LogP contribution in [-0.4, -0.2) is 50.4 Å². The van der Waals surface area contributed by atoms with Crippen molar-refractivity contribution in [1.82, 2.24) is 4.72 Å². The van der Waals surface area contributed by atoms with Gasteiger partial charge < -0.3 is 9.47 Å². The van der Waals surface area contributed by atoms with E-state index in [1.807, 2.05) is 0 Å². The average Bonchev–Trinajstić information content (AvgIpc) is 2.83. The van der Waals surface area contributed by atoms with Gasteiger partial charge in [0.15, 0.2) is 11.5 Å². The number of methoxy groups -OCH3 is 2. The molecule has 0 aliphatic rings. The van der Waals surface area contributed by atoms with E-state index in [1.165, 1.54) is 56.7 Å². The number of ether oxygens (including phenoxy) is 2. The molecule has 3 rings (SSSR count). The Labute approximate surface area is 219 Å². The van der Waals surface area contributed by atoms with Crippen molar-refractivity contribution in [2.45, 2.75) is 11.3 Å². The summed E-state index contributed by atoms with van der Waals surface area (Å²) in [6.45, 7) is -0.611. The first-order valence-corrected chi connectivity index (χ1v) is 14.5. The Bertz CT molecular complexity index is 1480. The number of halogens is 3. The largest absolute Gasteiger partial charge is 0.493 e. The lowest BCUT2D eigenvalue weighted by Gasteiger charge is -2.27. The molecule has 0 spiro atoms. The van der Waals surface area contributed by atoms with Crippen molar-refractivity contribution >= 4 is 37.3 Å². The van der Waals surface area contributed by atoms with Gasteiger partial charge in [0.05, 0.1) is 31.1 Å². The first-order chi connectivity index (χ1) is 17.4. The second kappa shape index (κ2) is 11.6. The van der Waals surface area contributed by atoms with Crippen molar-refractivity contribution in [2.75, 3.05) is 37.9 Å². The highest BCUT2D eigenvalue weighted by Gasteiger charge is 2.29. The lowest BCUT2D eigenvalue weighted by Crippen LogP contribution is -2.39. The van der Waals surface area contributed by atoms with E-state index in [0.29, 0.717) is 5.75 Å². The summed E-state index contributed by atoms with van der Waals surface area (Å²) in [5, 5.41) is 0.216. The first-order valence-electron chi connectivity index (χ1n) is 10.8. The van der Waals surface area contributed by atoms with Gasteiger partial charge in [-0.2, -0.15) is 0 Å². The van der Waals surface area contributed by atoms with E-state index >= 15 is 0 Å². The second-order valence-corrected chi connectivity index (χ2v) is 12.0. The van der Waals surface area contributed by atoms with Crippen LogP contribution in [0.5, 0.6) is 11.5 Å². The molecular weight excluding hydrogens is 550 g/mol. The summed E-state index contributed by atoms with van der Waals surface area (Å²) in [5.41, 5.74) is 0.000730. The molecule has 0 aliphatic heterocycles. The topological polar surface area (TPSA) is 102 Å². The second-order valence-electron chi connectivity index (χ2n) is 7.91. The molecule has 0 saturated carbocycles. The van der Waals surface area contributed by atoms with Crippen LogP contribution in [0.15, 0.2) is 59.5 Å². The summed E-state index contributed by atoms with van der Waals surface area (Å²) in [5.74, 6) is -1.16. The summed E-state index contributed by atoms with van der Waals surface area (Å²) >= 11 is 6.16. The van der Waals surface area contributed by atoms with E-state index in [1.54, 1.807) is 0 Å². The van der Waals surface area contributed by atoms with Crippen molar-refractivity contribution in [3.05, 3.63) is 82.4 Å². The van der Waals surface area contributed by atoms with E-state index in [9.17, 15) is 25.6 Å². The maximum atomic E-state index is 14.4. The van der Waals surface area contributed by atoms with Crippen LogP contribution in [0.4, 0.5) is 14.5 Å². The molecule has 8 nitrogen and oxygen atoms in total. The van der Waals surface area contributed by atoms with Gasteiger partial charge in [0, 0.05) is 36.2 Å². The lowest BCUT2D eigenvalue weighted by atomic mass is 10.0. The summed E-state index contributed by atoms with van der Waals surface area (Å²) in [6, 6.07) is 11.6. The molecule has 3 aromatic rings. The molecule has 0 atom stereocenters. The van der Waals surface area contributed by atoms with Gasteiger partial charge in [0.2, 0.25) is 10.0 Å². The maximum absolute atomic E-state index is 14.4. The van der Waals surface area contributed by atoms with Gasteiger partial charge in [-0.1, -0.05) is 17.7 Å². The zero-order chi connectivity index (χ0) is 27.4. The molecule has 3 aromatic carbocycles. The van der Waals surface area contributed by atoms with Gasteiger partial charge >= 0.3 is 0 Å². The molecule has 1 N–H and O–H groups in total. The van der Waals surface area contributed by atoms with E-state index in [4.69, 9.17) is 21.1 Å². The Balaban J connectivity index is 2.16. The Hall–Kier alpha value is -2.93. The van der Waals surface area contributed by atoms with Crippen LogP contribution in [0, 0.1) is 11.6 Å². The van der Waals surface area contributed by atoms with Crippen LogP contribution in [-0.2, 0) is 26.5 Å². The van der Waals surface area contributed by atoms with Gasteiger partial charge in [0.1, 0.15) is 11.6 Å². The first kappa shape index (κ1) is 28.6. The molecule has 13 heteroatoms. The Kier molecular flexibility index (Phi) is 9.00. The summed E-state index contributed by atoms with van der Waals surface area (Å²) in [6.07, 6.45) is 0.626. The third-order valence-electron chi connectivity index (χ3n) is 5.36. The van der Waals surface area contributed by atoms with Gasteiger partial charge in [-0.3, -0.25) is 4.31 Å². The smallest absolute Gasteiger partial charge is 0.264 e. The third-order valence-corrected chi connectivity index (χ3v) is 8.13. The van der Waals surface area contributed by atoms with Crippen LogP contribution in [0.1, 0.15) is 11.1 Å². The van der Waals surface area contributed by atoms with E-state index in [0.717, 1.165) is 22.7 Å². The standard InChI is InChI=1S/C24H25ClF2N2O6S2/c1-34-23-10-8-18(15-24(23)35-2)37(32,33)29(12-11-28-36(3,30)31)22-9-7-17(25)13-16(22)14-19-20(26)5-4-6-21(19)27/h4-10,13,15,28H,11-12,14H2,1-3H3. The number of anilines is 1. The monoisotopic (exact) mass is 574 g/mol. The number of hydrogen-bond acceptors (Lipinski definition) is 6. The molecule has 0 aliphatic carbocycles. The van der Waals surface area contributed by atoms with Crippen LogP contribution < -0.4 is 18.5 Å². The molecule has 0 fully saturated rings. The van der Waals surface area contributed by atoms with Crippen LogP contribution in [0.2, 0.25) is 5.02 Å². The van der Waals surface area contributed by atoms with Gasteiger partial charge in [-0.25, -0.2) is 30.3 Å². The molecular formula is C24H25ClF2N2O6S2. The number of hydrogen-bond donors (Lipinski definition) is 1. The van der Waals surface area contributed by atoms with E-state index in [2.05, 4.69) is 4.72 Å². The fourth-order valence-electron chi connectivity index (χ4n) is 3.64. The fraction of sp³-hybridized carbons (Fsp3) is 0.250. The van der Waals surface area contributed by atoms with Gasteiger partial charge in [-0.05, 0) is 48.0 Å². The summed E-state index contributed by atoms with van der Waals surface area (Å²) in [7, 11) is -5.23. The minimum absolute atomic E-state index is 0.0668. The number of sulfonamides is 2. The Morgan fingerprint density at radius 2 is 1.57 bits per heavy atom. The number of rotatable bonds is 11. The molecule has 0 heterocycles. The van der Waals surface area contributed by atoms with E-state index in [-0.39, 0.29) is 52.0 Å². The highest BCUT2D eigenvalue weighted by molar-refractivity contribution is 7.92. The zero-order valence-corrected chi connectivity index (χ0v) is 22.6. The summed E-state index contributed by atoms with van der Waals surface area (Å²) < 4.78 is 93.5.